The molecule has 1 aromatic heterocycles. The number of rotatable bonds is 0. The molecule has 80 valence electrons. The highest BCUT2D eigenvalue weighted by Crippen LogP contribution is 2.34. The minimum absolute atomic E-state index is 0.945. The average Bonchev–Trinajstić information content (AvgIpc) is 2.83. The van der Waals surface area contributed by atoms with Crippen molar-refractivity contribution in [3.63, 3.8) is 0 Å². The van der Waals surface area contributed by atoms with Crippen LogP contribution in [0.4, 0.5) is 0 Å². The van der Waals surface area contributed by atoms with E-state index in [1.165, 1.54) is 4.70 Å². The van der Waals surface area contributed by atoms with Crippen LogP contribution in [0, 0.1) is 0 Å². The highest BCUT2D eigenvalue weighted by molar-refractivity contribution is 7.21. The van der Waals surface area contributed by atoms with Gasteiger partial charge in [0, 0.05) is 21.7 Å². The molecule has 4 heteroatoms. The number of fused-ring (bicyclic) bond motifs is 4. The smallest absolute Gasteiger partial charge is 0.105 e. The molecule has 0 unspecified atom stereocenters. The van der Waals surface area contributed by atoms with Crippen molar-refractivity contribution < 1.29 is 0 Å². The number of aromatic nitrogens is 3. The van der Waals surface area contributed by atoms with Crippen LogP contribution in [0.3, 0.4) is 0 Å². The molecular weight excluding hydrogens is 230 g/mol. The Morgan fingerprint density at radius 1 is 1.12 bits per heavy atom. The normalized spacial score (nSPS) is 11.5. The van der Waals surface area contributed by atoms with E-state index in [0.717, 1.165) is 26.9 Å². The first-order valence-electron chi connectivity index (χ1n) is 5.30. The lowest BCUT2D eigenvalue weighted by Crippen LogP contribution is -1.82. The van der Waals surface area contributed by atoms with Crippen molar-refractivity contribution >= 4 is 32.3 Å². The third-order valence-electron chi connectivity index (χ3n) is 2.87. The lowest BCUT2D eigenvalue weighted by molar-refractivity contribution is 1.10. The highest BCUT2D eigenvalue weighted by Gasteiger charge is 2.10. The van der Waals surface area contributed by atoms with Gasteiger partial charge in [-0.15, -0.1) is 16.4 Å². The minimum atomic E-state index is 0.945. The van der Waals surface area contributed by atoms with E-state index in [2.05, 4.69) is 39.4 Å². The van der Waals surface area contributed by atoms with E-state index in [1.54, 1.807) is 11.3 Å². The third-order valence-corrected chi connectivity index (χ3v) is 3.98. The van der Waals surface area contributed by atoms with Crippen molar-refractivity contribution in [2.75, 3.05) is 0 Å². The van der Waals surface area contributed by atoms with Crippen LogP contribution >= 0.6 is 11.3 Å². The van der Waals surface area contributed by atoms with Crippen LogP contribution in [0.15, 0.2) is 42.7 Å². The van der Waals surface area contributed by atoms with Crippen molar-refractivity contribution in [3.05, 3.63) is 42.7 Å². The zero-order chi connectivity index (χ0) is 11.2. The molecule has 0 saturated carbocycles. The second kappa shape index (κ2) is 3.21. The van der Waals surface area contributed by atoms with Crippen LogP contribution in [-0.2, 0) is 0 Å². The van der Waals surface area contributed by atoms with Gasteiger partial charge in [-0.3, -0.25) is 4.98 Å². The van der Waals surface area contributed by atoms with E-state index in [0.29, 0.717) is 0 Å². The summed E-state index contributed by atoms with van der Waals surface area (Å²) in [6.07, 6.45) is 3.63. The Labute approximate surface area is 101 Å². The van der Waals surface area contributed by atoms with Crippen LogP contribution in [0.5, 0.6) is 0 Å². The van der Waals surface area contributed by atoms with Crippen LogP contribution in [0.1, 0.15) is 0 Å². The number of benzene rings is 1. The monoisotopic (exact) mass is 237 g/mol. The van der Waals surface area contributed by atoms with Crippen LogP contribution < -0.4 is 0 Å². The van der Waals surface area contributed by atoms with Gasteiger partial charge in [-0.25, -0.2) is 0 Å². The minimum Gasteiger partial charge on any atom is -0.256 e. The zero-order valence-electron chi connectivity index (χ0n) is 8.79. The van der Waals surface area contributed by atoms with Crippen LogP contribution in [0.2, 0.25) is 0 Å². The Balaban J connectivity index is 2.29. The van der Waals surface area contributed by atoms with E-state index < -0.39 is 0 Å². The molecule has 0 atom stereocenters. The summed E-state index contributed by atoms with van der Waals surface area (Å²) in [7, 11) is 0. The fourth-order valence-electron chi connectivity index (χ4n) is 2.07. The highest BCUT2D eigenvalue weighted by atomic mass is 32.1. The molecule has 0 saturated heterocycles. The summed E-state index contributed by atoms with van der Waals surface area (Å²) in [5, 5.41) is 10.4. The standard InChI is InChI=1S/C13H7N3S/c1-2-8-3-4-11-9(13(8)14-5-1)6-10-12(17-11)7-15-16-10/h1-7H. The van der Waals surface area contributed by atoms with E-state index in [1.807, 2.05) is 18.5 Å². The Morgan fingerprint density at radius 3 is 3.12 bits per heavy atom. The topological polar surface area (TPSA) is 38.7 Å². The van der Waals surface area contributed by atoms with Crippen molar-refractivity contribution in [1.29, 1.82) is 0 Å². The first-order chi connectivity index (χ1) is 8.42. The van der Waals surface area contributed by atoms with E-state index in [-0.39, 0.29) is 0 Å². The van der Waals surface area contributed by atoms with E-state index >= 15 is 0 Å². The number of hydrogen-bond donors (Lipinski definition) is 0. The molecule has 2 aliphatic rings. The molecule has 4 rings (SSSR count). The predicted molar refractivity (Wildman–Crippen MR) is 69.3 cm³/mol. The van der Waals surface area contributed by atoms with Crippen LogP contribution in [-0.4, -0.2) is 15.2 Å². The van der Waals surface area contributed by atoms with Gasteiger partial charge in [-0.2, -0.15) is 5.10 Å². The lowest BCUT2D eigenvalue weighted by atomic mass is 10.1. The van der Waals surface area contributed by atoms with Crippen molar-refractivity contribution in [1.82, 2.24) is 15.2 Å². The molecule has 3 nitrogen and oxygen atoms in total. The number of nitrogens with zero attached hydrogens (tertiary/aromatic N) is 3. The van der Waals surface area contributed by atoms with Gasteiger partial charge in [0.25, 0.3) is 0 Å². The predicted octanol–water partition coefficient (Wildman–Crippen LogP) is 3.34. The Bertz CT molecular complexity index is 806. The van der Waals surface area contributed by atoms with Gasteiger partial charge in [0.15, 0.2) is 0 Å². The third kappa shape index (κ3) is 1.24. The van der Waals surface area contributed by atoms with Gasteiger partial charge in [0.2, 0.25) is 0 Å². The van der Waals surface area contributed by atoms with Crippen molar-refractivity contribution in [2.24, 2.45) is 0 Å². The number of pyridine rings is 1. The zero-order valence-corrected chi connectivity index (χ0v) is 9.61. The summed E-state index contributed by atoms with van der Waals surface area (Å²) >= 11 is 1.71. The molecule has 3 heterocycles. The van der Waals surface area contributed by atoms with Gasteiger partial charge in [-0.1, -0.05) is 12.1 Å². The quantitative estimate of drug-likeness (QED) is 0.440. The van der Waals surface area contributed by atoms with Gasteiger partial charge < -0.3 is 0 Å². The average molecular weight is 237 g/mol. The molecule has 17 heavy (non-hydrogen) atoms. The maximum absolute atomic E-state index is 4.46. The largest absolute Gasteiger partial charge is 0.256 e. The fourth-order valence-corrected chi connectivity index (χ4v) is 3.01. The summed E-state index contributed by atoms with van der Waals surface area (Å²) < 4.78 is 1.22. The molecule has 0 aliphatic carbocycles. The molecule has 1 aromatic carbocycles. The first-order valence-corrected chi connectivity index (χ1v) is 6.12. The maximum atomic E-state index is 4.46. The van der Waals surface area contributed by atoms with E-state index in [9.17, 15) is 0 Å². The van der Waals surface area contributed by atoms with Gasteiger partial charge in [0.05, 0.1) is 16.6 Å². The SMILES string of the molecule is c1cnc2c(c1)ccc1sc3cnnc-3cc12. The Morgan fingerprint density at radius 2 is 2.12 bits per heavy atom. The Hall–Kier alpha value is -2.07. The molecular formula is C13H7N3S. The summed E-state index contributed by atoms with van der Waals surface area (Å²) in [5.41, 5.74) is 1.98. The number of hydrogen-bond acceptors (Lipinski definition) is 4. The summed E-state index contributed by atoms with van der Waals surface area (Å²) in [5.74, 6) is 0. The second-order valence-electron chi connectivity index (χ2n) is 3.89. The first kappa shape index (κ1) is 9.01. The van der Waals surface area contributed by atoms with Crippen molar-refractivity contribution in [2.45, 2.75) is 0 Å². The van der Waals surface area contributed by atoms with Gasteiger partial charge in [0.1, 0.15) is 5.69 Å². The lowest BCUT2D eigenvalue weighted by Gasteiger charge is -2.03. The summed E-state index contributed by atoms with van der Waals surface area (Å²) in [4.78, 5) is 5.58. The molecule has 0 fully saturated rings. The summed E-state index contributed by atoms with van der Waals surface area (Å²) in [6.45, 7) is 0. The fraction of sp³-hybridized carbons (Fsp3) is 0. The Kier molecular flexibility index (Phi) is 1.70. The molecule has 0 amide bonds. The molecule has 0 radical (unpaired) electrons. The summed E-state index contributed by atoms with van der Waals surface area (Å²) in [6, 6.07) is 10.3. The molecule has 2 aromatic rings. The molecule has 0 N–H and O–H groups in total. The van der Waals surface area contributed by atoms with Crippen molar-refractivity contribution in [3.8, 4) is 10.6 Å². The van der Waals surface area contributed by atoms with Crippen LogP contribution in [0.25, 0.3) is 31.6 Å². The van der Waals surface area contributed by atoms with E-state index in [4.69, 9.17) is 0 Å². The molecule has 0 bridgehead atoms. The van der Waals surface area contributed by atoms with Gasteiger partial charge in [-0.05, 0) is 18.2 Å². The second-order valence-corrected chi connectivity index (χ2v) is 4.98. The molecule has 2 aliphatic heterocycles. The molecule has 0 spiro atoms. The van der Waals surface area contributed by atoms with Gasteiger partial charge >= 0.3 is 0 Å². The maximum Gasteiger partial charge on any atom is 0.105 e.